The minimum absolute atomic E-state index is 0.146. The molecule has 76 valence electrons. The zero-order valence-corrected chi connectivity index (χ0v) is 6.90. The molecule has 0 radical (unpaired) electrons. The average Bonchev–Trinajstić information content (AvgIpc) is 2.66. The lowest BCUT2D eigenvalue weighted by molar-refractivity contribution is 0.198. The molecular weight excluding hydrogens is 208 g/mol. The van der Waals surface area contributed by atoms with Crippen molar-refractivity contribution in [2.75, 3.05) is 0 Å². The first-order valence-corrected chi connectivity index (χ1v) is 3.18. The molecule has 0 saturated heterocycles. The van der Waals surface area contributed by atoms with Gasteiger partial charge in [0, 0.05) is 10.1 Å². The smallest absolute Gasteiger partial charge is 0.215 e. The Morgan fingerprint density at radius 1 is 1.53 bits per heavy atom. The van der Waals surface area contributed by atoms with E-state index < -0.39 is 12.0 Å². The highest BCUT2D eigenvalue weighted by Crippen LogP contribution is 2.05. The molecule has 2 N–H and O–H groups in total. The van der Waals surface area contributed by atoms with Crippen molar-refractivity contribution in [1.29, 1.82) is 0 Å². The van der Waals surface area contributed by atoms with E-state index in [9.17, 15) is 4.79 Å². The third-order valence-electron chi connectivity index (χ3n) is 1.10. The van der Waals surface area contributed by atoms with E-state index in [-0.39, 0.29) is 5.12 Å². The van der Waals surface area contributed by atoms with Gasteiger partial charge in [-0.15, -0.1) is 15.3 Å². The van der Waals surface area contributed by atoms with Crippen LogP contribution in [0.2, 0.25) is 0 Å². The fourth-order valence-electron chi connectivity index (χ4n) is 0.587. The van der Waals surface area contributed by atoms with Gasteiger partial charge in [-0.3, -0.25) is 0 Å². The number of amides is 1. The van der Waals surface area contributed by atoms with Crippen molar-refractivity contribution in [3.63, 3.8) is 0 Å². The van der Waals surface area contributed by atoms with Crippen molar-refractivity contribution in [3.8, 4) is 0 Å². The standard InChI is InChI=1S/C2H2N12O/c3-8-6-1-7-10-12-13(1)2(15)14(5)11-9-4/h5H2. The van der Waals surface area contributed by atoms with Crippen LogP contribution >= 0.6 is 0 Å². The van der Waals surface area contributed by atoms with E-state index in [1.165, 1.54) is 0 Å². The number of azide groups is 2. The third kappa shape index (κ3) is 2.07. The summed E-state index contributed by atoms with van der Waals surface area (Å²) < 4.78 is 0.467. The first-order chi connectivity index (χ1) is 7.20. The number of nitrogens with two attached hydrogens (primary N) is 1. The van der Waals surface area contributed by atoms with Gasteiger partial charge in [0.1, 0.15) is 0 Å². The molecule has 1 aromatic heterocycles. The molecule has 1 rings (SSSR count). The quantitative estimate of drug-likeness (QED) is 0.136. The van der Waals surface area contributed by atoms with Crippen LogP contribution in [0, 0.1) is 0 Å². The summed E-state index contributed by atoms with van der Waals surface area (Å²) >= 11 is 0. The number of carbonyl (C=O) groups is 1. The van der Waals surface area contributed by atoms with E-state index in [4.69, 9.17) is 16.9 Å². The van der Waals surface area contributed by atoms with Gasteiger partial charge in [-0.05, 0) is 21.1 Å². The van der Waals surface area contributed by atoms with Crippen LogP contribution in [-0.2, 0) is 0 Å². The Balaban J connectivity index is 3.05. The molecule has 0 spiro atoms. The zero-order chi connectivity index (χ0) is 11.3. The first kappa shape index (κ1) is 10.2. The van der Waals surface area contributed by atoms with Crippen molar-refractivity contribution in [1.82, 2.24) is 25.3 Å². The number of hydrogen-bond acceptors (Lipinski definition) is 7. The van der Waals surface area contributed by atoms with Crippen molar-refractivity contribution in [2.24, 2.45) is 16.2 Å². The summed E-state index contributed by atoms with van der Waals surface area (Å²) in [7, 11) is 0. The Labute approximate surface area is 80.2 Å². The molecule has 13 heteroatoms. The molecule has 0 unspecified atom stereocenters. The molecular formula is C2H2N12O. The van der Waals surface area contributed by atoms with E-state index in [1.54, 1.807) is 0 Å². The molecule has 0 saturated carbocycles. The second kappa shape index (κ2) is 4.38. The van der Waals surface area contributed by atoms with Gasteiger partial charge in [0.2, 0.25) is 5.95 Å². The molecule has 0 aliphatic heterocycles. The van der Waals surface area contributed by atoms with Gasteiger partial charge in [-0.2, -0.15) is 10.8 Å². The van der Waals surface area contributed by atoms with Crippen LogP contribution in [0.15, 0.2) is 10.3 Å². The van der Waals surface area contributed by atoms with E-state index in [1.807, 2.05) is 0 Å². The monoisotopic (exact) mass is 210 g/mol. The molecule has 0 bridgehead atoms. The zero-order valence-electron chi connectivity index (χ0n) is 6.90. The van der Waals surface area contributed by atoms with Crippen LogP contribution in [0.4, 0.5) is 10.7 Å². The molecule has 1 aromatic rings. The van der Waals surface area contributed by atoms with Gasteiger partial charge < -0.3 is 0 Å². The predicted octanol–water partition coefficient (Wildman–Crippen LogP) is -0.0160. The highest BCUT2D eigenvalue weighted by atomic mass is 16.2. The molecule has 0 aliphatic carbocycles. The van der Waals surface area contributed by atoms with Crippen molar-refractivity contribution < 1.29 is 4.79 Å². The van der Waals surface area contributed by atoms with E-state index in [0.717, 1.165) is 0 Å². The Morgan fingerprint density at radius 2 is 2.27 bits per heavy atom. The lowest BCUT2D eigenvalue weighted by Gasteiger charge is -2.01. The Bertz CT molecular complexity index is 458. The molecule has 0 aliphatic rings. The Morgan fingerprint density at radius 3 is 2.87 bits per heavy atom. The summed E-state index contributed by atoms with van der Waals surface area (Å²) in [4.78, 5) is 15.9. The SMILES string of the molecule is [N-]=[N+]=Nc1nnnn1C(=O)N(N)N=[N+]=[N-]. The second-order valence-corrected chi connectivity index (χ2v) is 1.89. The van der Waals surface area contributed by atoms with Crippen LogP contribution in [0.1, 0.15) is 0 Å². The van der Waals surface area contributed by atoms with Gasteiger partial charge >= 0.3 is 6.03 Å². The largest absolute Gasteiger partial charge is 0.460 e. The van der Waals surface area contributed by atoms with Crippen molar-refractivity contribution in [2.45, 2.75) is 0 Å². The molecule has 1 amide bonds. The number of tetrazole rings is 1. The molecule has 13 nitrogen and oxygen atoms in total. The number of nitrogens with zero attached hydrogens (tertiary/aromatic N) is 11. The Kier molecular flexibility index (Phi) is 2.98. The summed E-state index contributed by atoms with van der Waals surface area (Å²) in [5, 5.41) is 15.4. The fourth-order valence-corrected chi connectivity index (χ4v) is 0.587. The number of aromatic nitrogens is 4. The molecule has 15 heavy (non-hydrogen) atoms. The third-order valence-corrected chi connectivity index (χ3v) is 1.10. The van der Waals surface area contributed by atoms with Crippen LogP contribution in [-0.4, -0.2) is 31.4 Å². The summed E-state index contributed by atoms with van der Waals surface area (Å²) in [6, 6.07) is -1.07. The van der Waals surface area contributed by atoms with Gasteiger partial charge in [0.05, 0.1) is 0 Å². The van der Waals surface area contributed by atoms with E-state index >= 15 is 0 Å². The minimum atomic E-state index is -1.07. The van der Waals surface area contributed by atoms with Gasteiger partial charge in [0.15, 0.2) is 0 Å². The van der Waals surface area contributed by atoms with E-state index in [2.05, 4.69) is 35.7 Å². The lowest BCUT2D eigenvalue weighted by Crippen LogP contribution is -2.35. The number of hydrazine groups is 1. The van der Waals surface area contributed by atoms with Gasteiger partial charge in [0.25, 0.3) is 0 Å². The highest BCUT2D eigenvalue weighted by Gasteiger charge is 2.20. The summed E-state index contributed by atoms with van der Waals surface area (Å²) in [6.07, 6.45) is 0. The van der Waals surface area contributed by atoms with Crippen LogP contribution in [0.25, 0.3) is 20.9 Å². The van der Waals surface area contributed by atoms with Crippen LogP contribution in [0.5, 0.6) is 0 Å². The van der Waals surface area contributed by atoms with Crippen molar-refractivity contribution in [3.05, 3.63) is 20.9 Å². The molecule has 1 heterocycles. The molecule has 0 aromatic carbocycles. The molecule has 0 fully saturated rings. The van der Waals surface area contributed by atoms with Crippen molar-refractivity contribution >= 4 is 12.0 Å². The molecule has 0 atom stereocenters. The maximum absolute atomic E-state index is 11.3. The maximum Gasteiger partial charge on any atom is 0.460 e. The van der Waals surface area contributed by atoms with Crippen LogP contribution < -0.4 is 5.84 Å². The predicted molar refractivity (Wildman–Crippen MR) is 42.6 cm³/mol. The van der Waals surface area contributed by atoms with Gasteiger partial charge in [-0.25, -0.2) is 4.79 Å². The maximum atomic E-state index is 11.3. The fraction of sp³-hybridized carbons (Fsp3) is 0. The highest BCUT2D eigenvalue weighted by molar-refractivity contribution is 5.76. The van der Waals surface area contributed by atoms with Gasteiger partial charge in [-0.1, -0.05) is 5.12 Å². The number of carbonyl (C=O) groups excluding carboxylic acids is 1. The number of hydrogen-bond donors (Lipinski definition) is 1. The second-order valence-electron chi connectivity index (χ2n) is 1.89. The van der Waals surface area contributed by atoms with E-state index in [0.29, 0.717) is 4.68 Å². The average molecular weight is 210 g/mol. The lowest BCUT2D eigenvalue weighted by atomic mass is 10.9. The number of rotatable bonds is 2. The normalized spacial score (nSPS) is 8.60. The summed E-state index contributed by atoms with van der Waals surface area (Å²) in [5.74, 6) is 4.57. The minimum Gasteiger partial charge on any atom is -0.215 e. The topological polar surface area (TPSA) is 187 Å². The summed E-state index contributed by atoms with van der Waals surface area (Å²) in [6.45, 7) is 0. The Hall–Kier alpha value is -2.88. The van der Waals surface area contributed by atoms with Crippen LogP contribution in [0.3, 0.4) is 0 Å². The first-order valence-electron chi connectivity index (χ1n) is 3.18. The summed E-state index contributed by atoms with van der Waals surface area (Å²) in [5.41, 5.74) is 16.1.